The highest BCUT2D eigenvalue weighted by atomic mass is 16.5. The normalized spacial score (nSPS) is 10.8. The van der Waals surface area contributed by atoms with Crippen LogP contribution in [0.5, 0.6) is 0 Å². The van der Waals surface area contributed by atoms with Crippen LogP contribution in [0.15, 0.2) is 54.6 Å². The van der Waals surface area contributed by atoms with Crippen LogP contribution in [0.3, 0.4) is 0 Å². The third kappa shape index (κ3) is 5.91. The number of unbranched alkanes of at least 4 members (excludes halogenated alkanes) is 2. The maximum atomic E-state index is 12.0. The molecule has 0 aliphatic heterocycles. The Hall–Kier alpha value is -3.15. The van der Waals surface area contributed by atoms with Crippen molar-refractivity contribution in [3.8, 4) is 0 Å². The van der Waals surface area contributed by atoms with Gasteiger partial charge in [0.1, 0.15) is 12.4 Å². The van der Waals surface area contributed by atoms with E-state index in [-0.39, 0.29) is 18.4 Å². The van der Waals surface area contributed by atoms with E-state index in [4.69, 9.17) is 4.74 Å². The molecule has 6 nitrogen and oxygen atoms in total. The highest BCUT2D eigenvalue weighted by Gasteiger charge is 2.13. The van der Waals surface area contributed by atoms with Crippen molar-refractivity contribution in [2.45, 2.75) is 38.6 Å². The van der Waals surface area contributed by atoms with E-state index in [1.54, 1.807) is 0 Å². The first-order valence-corrected chi connectivity index (χ1v) is 9.99. The fourth-order valence-electron chi connectivity index (χ4n) is 3.34. The van der Waals surface area contributed by atoms with Gasteiger partial charge in [-0.05, 0) is 30.5 Å². The van der Waals surface area contributed by atoms with Crippen molar-refractivity contribution in [2.75, 3.05) is 13.7 Å². The van der Waals surface area contributed by atoms with E-state index < -0.39 is 0 Å². The molecule has 0 atom stereocenters. The minimum absolute atomic E-state index is 0.0519. The molecule has 29 heavy (non-hydrogen) atoms. The van der Waals surface area contributed by atoms with Crippen LogP contribution in [-0.2, 0) is 33.7 Å². The summed E-state index contributed by atoms with van der Waals surface area (Å²) in [4.78, 5) is 28.4. The number of methoxy groups -OCH3 is 1. The van der Waals surface area contributed by atoms with E-state index in [1.165, 1.54) is 7.11 Å². The van der Waals surface area contributed by atoms with E-state index in [0.29, 0.717) is 13.0 Å². The second-order valence-corrected chi connectivity index (χ2v) is 7.00. The number of hydrogen-bond donors (Lipinski definition) is 1. The lowest BCUT2D eigenvalue weighted by atomic mass is 10.1. The zero-order valence-electron chi connectivity index (χ0n) is 16.8. The summed E-state index contributed by atoms with van der Waals surface area (Å²) in [6.07, 6.45) is 4.03. The summed E-state index contributed by atoms with van der Waals surface area (Å²) in [5.41, 5.74) is 2.86. The average Bonchev–Trinajstić information content (AvgIpc) is 3.08. The van der Waals surface area contributed by atoms with Gasteiger partial charge in [0.15, 0.2) is 0 Å². The van der Waals surface area contributed by atoms with Crippen LogP contribution in [0.2, 0.25) is 0 Å². The van der Waals surface area contributed by atoms with Gasteiger partial charge in [0.25, 0.3) is 0 Å². The Morgan fingerprint density at radius 3 is 2.55 bits per heavy atom. The standard InChI is InChI=1S/C23H27N3O3/c1-29-23(28)17-26-20-13-8-7-12-19(20)25-21(26)14-6-3-9-15-24-22(27)16-18-10-4-2-5-11-18/h2,4-5,7-8,10-13H,3,6,9,14-17H2,1H3,(H,24,27). The molecule has 152 valence electrons. The molecule has 0 fully saturated rings. The van der Waals surface area contributed by atoms with E-state index in [0.717, 1.165) is 48.1 Å². The quantitative estimate of drug-likeness (QED) is 0.424. The van der Waals surface area contributed by atoms with Crippen molar-refractivity contribution in [2.24, 2.45) is 0 Å². The van der Waals surface area contributed by atoms with Crippen molar-refractivity contribution < 1.29 is 14.3 Å². The van der Waals surface area contributed by atoms with E-state index in [9.17, 15) is 9.59 Å². The summed E-state index contributed by atoms with van der Waals surface area (Å²) >= 11 is 0. The van der Waals surface area contributed by atoms with Gasteiger partial charge in [0.2, 0.25) is 5.91 Å². The Balaban J connectivity index is 1.44. The van der Waals surface area contributed by atoms with Crippen molar-refractivity contribution in [1.29, 1.82) is 0 Å². The third-order valence-corrected chi connectivity index (χ3v) is 4.86. The summed E-state index contributed by atoms with van der Waals surface area (Å²) in [5.74, 6) is 0.663. The molecule has 1 amide bonds. The molecule has 0 spiro atoms. The van der Waals surface area contributed by atoms with Gasteiger partial charge < -0.3 is 14.6 Å². The topological polar surface area (TPSA) is 73.2 Å². The minimum Gasteiger partial charge on any atom is -0.468 e. The second-order valence-electron chi connectivity index (χ2n) is 7.00. The highest BCUT2D eigenvalue weighted by molar-refractivity contribution is 5.79. The van der Waals surface area contributed by atoms with Gasteiger partial charge in [-0.25, -0.2) is 4.98 Å². The Bertz CT molecular complexity index is 950. The fourth-order valence-corrected chi connectivity index (χ4v) is 3.34. The summed E-state index contributed by atoms with van der Waals surface area (Å²) in [6, 6.07) is 17.6. The van der Waals surface area contributed by atoms with Crippen LogP contribution in [0.1, 0.15) is 30.7 Å². The Labute approximate surface area is 170 Å². The molecule has 0 radical (unpaired) electrons. The molecule has 6 heteroatoms. The van der Waals surface area contributed by atoms with Crippen molar-refractivity contribution in [3.63, 3.8) is 0 Å². The number of aryl methyl sites for hydroxylation is 1. The zero-order valence-corrected chi connectivity index (χ0v) is 16.8. The zero-order chi connectivity index (χ0) is 20.5. The predicted molar refractivity (Wildman–Crippen MR) is 112 cm³/mol. The number of benzene rings is 2. The number of para-hydroxylation sites is 2. The SMILES string of the molecule is COC(=O)Cn1c(CCCCCNC(=O)Cc2ccccc2)nc2ccccc21. The second kappa shape index (κ2) is 10.4. The summed E-state index contributed by atoms with van der Waals surface area (Å²) in [5, 5.41) is 2.98. The van der Waals surface area contributed by atoms with Crippen LogP contribution in [0, 0.1) is 0 Å². The number of rotatable bonds is 10. The van der Waals surface area contributed by atoms with Crippen molar-refractivity contribution in [1.82, 2.24) is 14.9 Å². The predicted octanol–water partition coefficient (Wildman–Crippen LogP) is 3.28. The number of carbonyl (C=O) groups excluding carboxylic acids is 2. The molecule has 3 rings (SSSR count). The molecule has 1 N–H and O–H groups in total. The number of fused-ring (bicyclic) bond motifs is 1. The number of carbonyl (C=O) groups is 2. The number of ether oxygens (including phenoxy) is 1. The highest BCUT2D eigenvalue weighted by Crippen LogP contribution is 2.18. The molecule has 1 heterocycles. The maximum absolute atomic E-state index is 12.0. The van der Waals surface area contributed by atoms with Crippen LogP contribution >= 0.6 is 0 Å². The van der Waals surface area contributed by atoms with Crippen LogP contribution in [-0.4, -0.2) is 35.1 Å². The van der Waals surface area contributed by atoms with E-state index in [1.807, 2.05) is 59.2 Å². The molecule has 0 aliphatic carbocycles. The molecule has 0 bridgehead atoms. The number of aromatic nitrogens is 2. The smallest absolute Gasteiger partial charge is 0.325 e. The molecular formula is C23H27N3O3. The van der Waals surface area contributed by atoms with E-state index in [2.05, 4.69) is 10.3 Å². The molecule has 3 aromatic rings. The third-order valence-electron chi connectivity index (χ3n) is 4.86. The average molecular weight is 393 g/mol. The van der Waals surface area contributed by atoms with Crippen LogP contribution < -0.4 is 5.32 Å². The van der Waals surface area contributed by atoms with Gasteiger partial charge in [-0.15, -0.1) is 0 Å². The maximum Gasteiger partial charge on any atom is 0.325 e. The van der Waals surface area contributed by atoms with Crippen molar-refractivity contribution in [3.05, 3.63) is 66.0 Å². The van der Waals surface area contributed by atoms with Gasteiger partial charge in [0.05, 0.1) is 24.6 Å². The summed E-state index contributed by atoms with van der Waals surface area (Å²) < 4.78 is 6.76. The Morgan fingerprint density at radius 1 is 1.00 bits per heavy atom. The van der Waals surface area contributed by atoms with Gasteiger partial charge >= 0.3 is 5.97 Å². The molecule has 1 aromatic heterocycles. The van der Waals surface area contributed by atoms with Crippen LogP contribution in [0.25, 0.3) is 11.0 Å². The number of amides is 1. The molecule has 0 saturated carbocycles. The van der Waals surface area contributed by atoms with Gasteiger partial charge in [-0.3, -0.25) is 9.59 Å². The lowest BCUT2D eigenvalue weighted by molar-refractivity contribution is -0.141. The first-order valence-electron chi connectivity index (χ1n) is 9.99. The first-order chi connectivity index (χ1) is 14.2. The minimum atomic E-state index is -0.282. The fraction of sp³-hybridized carbons (Fsp3) is 0.348. The lowest BCUT2D eigenvalue weighted by Crippen LogP contribution is -2.26. The number of hydrogen-bond acceptors (Lipinski definition) is 4. The van der Waals surface area contributed by atoms with Gasteiger partial charge in [-0.2, -0.15) is 0 Å². The lowest BCUT2D eigenvalue weighted by Gasteiger charge is -2.08. The molecular weight excluding hydrogens is 366 g/mol. The number of nitrogens with zero attached hydrogens (tertiary/aromatic N) is 2. The van der Waals surface area contributed by atoms with E-state index >= 15 is 0 Å². The summed E-state index contributed by atoms with van der Waals surface area (Å²) in [7, 11) is 1.40. The van der Waals surface area contributed by atoms with Crippen molar-refractivity contribution >= 4 is 22.9 Å². The van der Waals surface area contributed by atoms with Gasteiger partial charge in [0, 0.05) is 13.0 Å². The monoisotopic (exact) mass is 393 g/mol. The summed E-state index contributed by atoms with van der Waals surface area (Å²) in [6.45, 7) is 0.839. The Kier molecular flexibility index (Phi) is 7.39. The number of nitrogens with one attached hydrogen (secondary N) is 1. The number of imidazole rings is 1. The van der Waals surface area contributed by atoms with Crippen LogP contribution in [0.4, 0.5) is 0 Å². The molecule has 2 aromatic carbocycles. The Morgan fingerprint density at radius 2 is 1.76 bits per heavy atom. The number of esters is 1. The first kappa shape index (κ1) is 20.6. The van der Waals surface area contributed by atoms with Gasteiger partial charge in [-0.1, -0.05) is 48.9 Å². The molecule has 0 aliphatic rings. The largest absolute Gasteiger partial charge is 0.468 e. The molecule has 0 unspecified atom stereocenters. The molecule has 0 saturated heterocycles.